The average Bonchev–Trinajstić information content (AvgIpc) is 2.63. The van der Waals surface area contributed by atoms with E-state index in [1.807, 2.05) is 46.9 Å². The fraction of sp³-hybridized carbons (Fsp3) is 0.562. The van der Waals surface area contributed by atoms with Crippen LogP contribution >= 0.6 is 0 Å². The molecule has 1 amide bonds. The van der Waals surface area contributed by atoms with Crippen LogP contribution in [0.3, 0.4) is 0 Å². The van der Waals surface area contributed by atoms with Gasteiger partial charge >= 0.3 is 7.12 Å². The fourth-order valence-corrected chi connectivity index (χ4v) is 2.77. The standard InChI is InChI=1S/C16H22BNO3/c1-15(2)16(3,4)21-17(20-15)12-8-6-11-7-9-14(19)18(5)13(11)10-12/h6,8,10H,7,9H2,1-5H3. The fourth-order valence-electron chi connectivity index (χ4n) is 2.77. The molecule has 5 heteroatoms. The highest BCUT2D eigenvalue weighted by Crippen LogP contribution is 2.37. The van der Waals surface area contributed by atoms with Crippen LogP contribution in [0.15, 0.2) is 18.2 Å². The van der Waals surface area contributed by atoms with Gasteiger partial charge in [0.15, 0.2) is 0 Å². The molecule has 2 aliphatic rings. The molecule has 0 aromatic heterocycles. The van der Waals surface area contributed by atoms with Crippen molar-refractivity contribution in [1.29, 1.82) is 0 Å². The van der Waals surface area contributed by atoms with E-state index >= 15 is 0 Å². The molecule has 1 aromatic carbocycles. The number of benzene rings is 1. The maximum Gasteiger partial charge on any atom is 0.494 e. The number of hydrogen-bond donors (Lipinski definition) is 0. The second-order valence-electron chi connectivity index (χ2n) is 6.93. The van der Waals surface area contributed by atoms with Crippen LogP contribution in [0.4, 0.5) is 5.69 Å². The summed E-state index contributed by atoms with van der Waals surface area (Å²) in [6, 6.07) is 6.15. The Morgan fingerprint density at radius 1 is 1.10 bits per heavy atom. The van der Waals surface area contributed by atoms with Crippen molar-refractivity contribution in [2.75, 3.05) is 11.9 Å². The van der Waals surface area contributed by atoms with E-state index in [0.29, 0.717) is 6.42 Å². The molecule has 2 heterocycles. The van der Waals surface area contributed by atoms with Crippen LogP contribution in [-0.2, 0) is 20.5 Å². The van der Waals surface area contributed by atoms with Gasteiger partial charge in [0.1, 0.15) is 0 Å². The molecule has 4 nitrogen and oxygen atoms in total. The quantitative estimate of drug-likeness (QED) is 0.740. The van der Waals surface area contributed by atoms with E-state index in [0.717, 1.165) is 17.6 Å². The summed E-state index contributed by atoms with van der Waals surface area (Å²) < 4.78 is 12.2. The zero-order chi connectivity index (χ0) is 15.4. The Morgan fingerprint density at radius 3 is 2.33 bits per heavy atom. The summed E-state index contributed by atoms with van der Waals surface area (Å²) in [5.74, 6) is 0.161. The predicted molar refractivity (Wildman–Crippen MR) is 83.9 cm³/mol. The minimum absolute atomic E-state index is 0.161. The summed E-state index contributed by atoms with van der Waals surface area (Å²) in [5.41, 5.74) is 2.44. The van der Waals surface area contributed by atoms with Crippen LogP contribution in [0.2, 0.25) is 0 Å². The molecular formula is C16H22BNO3. The van der Waals surface area contributed by atoms with Gasteiger partial charge in [-0.15, -0.1) is 0 Å². The first-order chi connectivity index (χ1) is 9.71. The van der Waals surface area contributed by atoms with E-state index in [2.05, 4.69) is 6.07 Å². The molecule has 0 atom stereocenters. The number of amides is 1. The van der Waals surface area contributed by atoms with Gasteiger partial charge in [0, 0.05) is 19.2 Å². The molecule has 0 unspecified atom stereocenters. The second kappa shape index (κ2) is 4.58. The van der Waals surface area contributed by atoms with Crippen molar-refractivity contribution in [2.45, 2.75) is 51.7 Å². The zero-order valence-electron chi connectivity index (χ0n) is 13.4. The van der Waals surface area contributed by atoms with Gasteiger partial charge < -0.3 is 14.2 Å². The van der Waals surface area contributed by atoms with Crippen molar-refractivity contribution in [3.8, 4) is 0 Å². The number of hydrogen-bond acceptors (Lipinski definition) is 3. The van der Waals surface area contributed by atoms with Gasteiger partial charge in [-0.1, -0.05) is 12.1 Å². The normalized spacial score (nSPS) is 23.4. The number of carbonyl (C=O) groups is 1. The van der Waals surface area contributed by atoms with Crippen molar-refractivity contribution in [3.05, 3.63) is 23.8 Å². The molecule has 0 saturated carbocycles. The second-order valence-corrected chi connectivity index (χ2v) is 6.93. The lowest BCUT2D eigenvalue weighted by Crippen LogP contribution is -2.41. The minimum atomic E-state index is -0.384. The van der Waals surface area contributed by atoms with Crippen LogP contribution in [0, 0.1) is 0 Å². The first-order valence-corrected chi connectivity index (χ1v) is 7.46. The third-order valence-corrected chi connectivity index (χ3v) is 4.98. The van der Waals surface area contributed by atoms with Crippen LogP contribution in [-0.4, -0.2) is 31.3 Å². The predicted octanol–water partition coefficient (Wildman–Crippen LogP) is 1.89. The molecule has 0 aliphatic carbocycles. The number of fused-ring (bicyclic) bond motifs is 1. The van der Waals surface area contributed by atoms with Gasteiger partial charge in [0.05, 0.1) is 11.2 Å². The van der Waals surface area contributed by atoms with Gasteiger partial charge in [-0.05, 0) is 51.2 Å². The molecular weight excluding hydrogens is 265 g/mol. The molecule has 21 heavy (non-hydrogen) atoms. The van der Waals surface area contributed by atoms with Crippen molar-refractivity contribution in [2.24, 2.45) is 0 Å². The first kappa shape index (κ1) is 14.6. The Balaban J connectivity index is 1.94. The Kier molecular flexibility index (Phi) is 3.19. The first-order valence-electron chi connectivity index (χ1n) is 7.46. The van der Waals surface area contributed by atoms with Crippen molar-refractivity contribution >= 4 is 24.2 Å². The third kappa shape index (κ3) is 2.28. The van der Waals surface area contributed by atoms with E-state index in [1.165, 1.54) is 5.56 Å². The van der Waals surface area contributed by atoms with E-state index in [4.69, 9.17) is 9.31 Å². The number of aryl methyl sites for hydroxylation is 1. The Labute approximate surface area is 126 Å². The number of carbonyl (C=O) groups excluding carboxylic acids is 1. The highest BCUT2D eigenvalue weighted by molar-refractivity contribution is 6.62. The topological polar surface area (TPSA) is 38.8 Å². The number of nitrogens with zero attached hydrogens (tertiary/aromatic N) is 1. The molecule has 112 valence electrons. The lowest BCUT2D eigenvalue weighted by atomic mass is 9.77. The maximum atomic E-state index is 11.9. The molecule has 3 rings (SSSR count). The zero-order valence-corrected chi connectivity index (χ0v) is 13.4. The summed E-state index contributed by atoms with van der Waals surface area (Å²) in [7, 11) is 1.44. The lowest BCUT2D eigenvalue weighted by Gasteiger charge is -2.32. The summed E-state index contributed by atoms with van der Waals surface area (Å²) in [6.45, 7) is 8.17. The van der Waals surface area contributed by atoms with Crippen LogP contribution in [0.5, 0.6) is 0 Å². The molecule has 1 saturated heterocycles. The molecule has 0 radical (unpaired) electrons. The monoisotopic (exact) mass is 287 g/mol. The highest BCUT2D eigenvalue weighted by Gasteiger charge is 2.51. The van der Waals surface area contributed by atoms with E-state index in [-0.39, 0.29) is 24.2 Å². The Morgan fingerprint density at radius 2 is 1.71 bits per heavy atom. The minimum Gasteiger partial charge on any atom is -0.399 e. The molecule has 1 aromatic rings. The van der Waals surface area contributed by atoms with Gasteiger partial charge in [0.2, 0.25) is 5.91 Å². The molecule has 2 aliphatic heterocycles. The molecule has 1 fully saturated rings. The highest BCUT2D eigenvalue weighted by atomic mass is 16.7. The van der Waals surface area contributed by atoms with E-state index in [9.17, 15) is 4.79 Å². The Bertz CT molecular complexity index is 581. The van der Waals surface area contributed by atoms with Gasteiger partial charge in [-0.3, -0.25) is 4.79 Å². The molecule has 0 spiro atoms. The van der Waals surface area contributed by atoms with Crippen molar-refractivity contribution < 1.29 is 14.1 Å². The third-order valence-electron chi connectivity index (χ3n) is 4.98. The molecule has 0 bridgehead atoms. The average molecular weight is 287 g/mol. The van der Waals surface area contributed by atoms with Gasteiger partial charge in [-0.25, -0.2) is 0 Å². The number of rotatable bonds is 1. The Hall–Kier alpha value is -1.33. The molecule has 0 N–H and O–H groups in total. The van der Waals surface area contributed by atoms with E-state index in [1.54, 1.807) is 4.90 Å². The summed E-state index contributed by atoms with van der Waals surface area (Å²) in [4.78, 5) is 13.6. The summed E-state index contributed by atoms with van der Waals surface area (Å²) in [5, 5.41) is 0. The summed E-state index contributed by atoms with van der Waals surface area (Å²) >= 11 is 0. The van der Waals surface area contributed by atoms with E-state index < -0.39 is 0 Å². The SMILES string of the molecule is CN1C(=O)CCc2ccc(B3OC(C)(C)C(C)(C)O3)cc21. The summed E-state index contributed by atoms with van der Waals surface area (Å²) in [6.07, 6.45) is 1.39. The van der Waals surface area contributed by atoms with Gasteiger partial charge in [0.25, 0.3) is 0 Å². The lowest BCUT2D eigenvalue weighted by molar-refractivity contribution is -0.118. The van der Waals surface area contributed by atoms with Crippen molar-refractivity contribution in [3.63, 3.8) is 0 Å². The van der Waals surface area contributed by atoms with Crippen LogP contribution in [0.1, 0.15) is 39.7 Å². The maximum absolute atomic E-state index is 11.9. The van der Waals surface area contributed by atoms with Gasteiger partial charge in [-0.2, -0.15) is 0 Å². The van der Waals surface area contributed by atoms with Crippen LogP contribution in [0.25, 0.3) is 0 Å². The van der Waals surface area contributed by atoms with Crippen molar-refractivity contribution in [1.82, 2.24) is 0 Å². The largest absolute Gasteiger partial charge is 0.494 e. The number of anilines is 1. The smallest absolute Gasteiger partial charge is 0.399 e. The van der Waals surface area contributed by atoms with Crippen LogP contribution < -0.4 is 10.4 Å².